The molecule has 1 N–H and O–H groups in total. The quantitative estimate of drug-likeness (QED) is 0.296. The Morgan fingerprint density at radius 2 is 2.05 bits per heavy atom. The second kappa shape index (κ2) is 12.4. The SMILES string of the molecule is CCCN(CC/C=C\C1CC1)c1cncc(-c2cn(-c3c(F)ccc(NS(=O)(=O)CCOC)c3F)nn2)c1. The molecule has 0 spiro atoms. The Morgan fingerprint density at radius 3 is 2.79 bits per heavy atom. The number of aromatic nitrogens is 4. The number of nitrogens with zero attached hydrogens (tertiary/aromatic N) is 5. The molecule has 9 nitrogen and oxygen atoms in total. The van der Waals surface area contributed by atoms with Gasteiger partial charge in [0.15, 0.2) is 11.6 Å². The fourth-order valence-electron chi connectivity index (χ4n) is 3.94. The summed E-state index contributed by atoms with van der Waals surface area (Å²) in [5, 5.41) is 8.00. The molecule has 0 aliphatic heterocycles. The average molecular weight is 547 g/mol. The van der Waals surface area contributed by atoms with E-state index < -0.39 is 33.0 Å². The van der Waals surface area contributed by atoms with Crippen molar-refractivity contribution >= 4 is 21.4 Å². The van der Waals surface area contributed by atoms with Crippen LogP contribution in [0.15, 0.2) is 48.9 Å². The second-order valence-corrected chi connectivity index (χ2v) is 11.0. The predicted molar refractivity (Wildman–Crippen MR) is 143 cm³/mol. The van der Waals surface area contributed by atoms with Crippen LogP contribution in [0, 0.1) is 17.6 Å². The summed E-state index contributed by atoms with van der Waals surface area (Å²) in [5.41, 5.74) is 0.984. The number of halogens is 2. The number of rotatable bonds is 14. The molecule has 1 aromatic carbocycles. The van der Waals surface area contributed by atoms with Crippen LogP contribution in [0.3, 0.4) is 0 Å². The van der Waals surface area contributed by atoms with E-state index in [4.69, 9.17) is 4.74 Å². The first-order chi connectivity index (χ1) is 18.3. The minimum atomic E-state index is -3.90. The summed E-state index contributed by atoms with van der Waals surface area (Å²) in [6.45, 7) is 3.75. The normalized spacial score (nSPS) is 13.8. The average Bonchev–Trinajstić information content (AvgIpc) is 3.60. The number of benzene rings is 1. The van der Waals surface area contributed by atoms with E-state index in [0.717, 1.165) is 54.4 Å². The first kappa shape index (κ1) is 27.6. The zero-order valence-corrected chi connectivity index (χ0v) is 22.3. The van der Waals surface area contributed by atoms with Crippen LogP contribution in [0.5, 0.6) is 0 Å². The van der Waals surface area contributed by atoms with Gasteiger partial charge in [-0.15, -0.1) is 5.10 Å². The molecule has 204 valence electrons. The van der Waals surface area contributed by atoms with E-state index in [1.165, 1.54) is 26.1 Å². The molecule has 12 heteroatoms. The molecule has 0 atom stereocenters. The van der Waals surface area contributed by atoms with Gasteiger partial charge in [0.1, 0.15) is 11.4 Å². The monoisotopic (exact) mass is 546 g/mol. The van der Waals surface area contributed by atoms with E-state index in [9.17, 15) is 12.8 Å². The third-order valence-corrected chi connectivity index (χ3v) is 7.32. The summed E-state index contributed by atoms with van der Waals surface area (Å²) in [6, 6.07) is 3.91. The lowest BCUT2D eigenvalue weighted by molar-refractivity contribution is 0.217. The summed E-state index contributed by atoms with van der Waals surface area (Å²) < 4.78 is 62.1. The fraction of sp³-hybridized carbons (Fsp3) is 0.423. The molecule has 1 saturated carbocycles. The topological polar surface area (TPSA) is 102 Å². The molecule has 3 aromatic rings. The molecule has 1 aliphatic carbocycles. The molecular weight excluding hydrogens is 514 g/mol. The van der Waals surface area contributed by atoms with E-state index >= 15 is 4.39 Å². The van der Waals surface area contributed by atoms with Gasteiger partial charge in [-0.1, -0.05) is 24.3 Å². The Balaban J connectivity index is 1.56. The van der Waals surface area contributed by atoms with Gasteiger partial charge in [0.2, 0.25) is 10.0 Å². The predicted octanol–water partition coefficient (Wildman–Crippen LogP) is 4.57. The molecule has 0 bridgehead atoms. The maximum atomic E-state index is 15.2. The highest BCUT2D eigenvalue weighted by atomic mass is 32.2. The molecule has 1 fully saturated rings. The van der Waals surface area contributed by atoms with Crippen LogP contribution in [-0.4, -0.2) is 61.0 Å². The zero-order chi connectivity index (χ0) is 27.1. The standard InChI is InChI=1S/C26H32F2N6O3S/c1-3-11-33(12-5-4-6-19-7-8-19)21-15-20(16-29-17-21)24-18-34(32-30-24)26-22(27)9-10-23(25(26)28)31-38(35,36)14-13-37-2/h4,6,9-10,15-19,31H,3,5,7-8,11-14H2,1-2H3/b6-4-. The molecule has 0 radical (unpaired) electrons. The van der Waals surface area contributed by atoms with Crippen LogP contribution in [0.4, 0.5) is 20.2 Å². The van der Waals surface area contributed by atoms with E-state index in [1.54, 1.807) is 12.4 Å². The zero-order valence-electron chi connectivity index (χ0n) is 21.5. The summed E-state index contributed by atoms with van der Waals surface area (Å²) in [6.07, 6.45) is 13.8. The van der Waals surface area contributed by atoms with Gasteiger partial charge in [0.05, 0.1) is 36.1 Å². The number of hydrogen-bond donors (Lipinski definition) is 1. The second-order valence-electron chi connectivity index (χ2n) is 9.19. The number of hydrogen-bond acceptors (Lipinski definition) is 7. The first-order valence-corrected chi connectivity index (χ1v) is 14.2. The third-order valence-electron chi connectivity index (χ3n) is 6.09. The van der Waals surface area contributed by atoms with Gasteiger partial charge in [0.25, 0.3) is 0 Å². The maximum absolute atomic E-state index is 15.2. The molecule has 4 rings (SSSR count). The molecule has 0 amide bonds. The molecule has 0 saturated heterocycles. The molecule has 1 aliphatic rings. The van der Waals surface area contributed by atoms with Crippen molar-refractivity contribution < 1.29 is 21.9 Å². The number of anilines is 2. The molecule has 38 heavy (non-hydrogen) atoms. The van der Waals surface area contributed by atoms with Crippen molar-refractivity contribution in [2.75, 3.05) is 42.2 Å². The number of nitrogens with one attached hydrogen (secondary N) is 1. The van der Waals surface area contributed by atoms with Gasteiger partial charge in [-0.3, -0.25) is 9.71 Å². The number of pyridine rings is 1. The van der Waals surface area contributed by atoms with Gasteiger partial charge in [0, 0.05) is 32.0 Å². The van der Waals surface area contributed by atoms with E-state index in [-0.39, 0.29) is 12.4 Å². The largest absolute Gasteiger partial charge is 0.384 e. The number of ether oxygens (including phenoxy) is 1. The molecule has 0 unspecified atom stereocenters. The van der Waals surface area contributed by atoms with E-state index in [2.05, 4.69) is 44.0 Å². The van der Waals surface area contributed by atoms with Crippen molar-refractivity contribution in [1.82, 2.24) is 20.0 Å². The van der Waals surface area contributed by atoms with Crippen LogP contribution in [-0.2, 0) is 14.8 Å². The number of allylic oxidation sites excluding steroid dienone is 1. The molecule has 2 aromatic heterocycles. The van der Waals surface area contributed by atoms with E-state index in [0.29, 0.717) is 11.3 Å². The van der Waals surface area contributed by atoms with Gasteiger partial charge >= 0.3 is 0 Å². The Bertz CT molecular complexity index is 1380. The first-order valence-electron chi connectivity index (χ1n) is 12.6. The van der Waals surface area contributed by atoms with Crippen LogP contribution >= 0.6 is 0 Å². The van der Waals surface area contributed by atoms with Crippen molar-refractivity contribution in [2.24, 2.45) is 5.92 Å². The Kier molecular flexibility index (Phi) is 9.05. The van der Waals surface area contributed by atoms with Crippen molar-refractivity contribution in [2.45, 2.75) is 32.6 Å². The van der Waals surface area contributed by atoms with Crippen LogP contribution < -0.4 is 9.62 Å². The summed E-state index contributed by atoms with van der Waals surface area (Å²) in [7, 11) is -2.54. The van der Waals surface area contributed by atoms with Gasteiger partial charge in [-0.2, -0.15) is 0 Å². The van der Waals surface area contributed by atoms with Crippen LogP contribution in [0.2, 0.25) is 0 Å². The van der Waals surface area contributed by atoms with Gasteiger partial charge < -0.3 is 9.64 Å². The van der Waals surface area contributed by atoms with Crippen molar-refractivity contribution in [1.29, 1.82) is 0 Å². The van der Waals surface area contributed by atoms with Crippen LogP contribution in [0.1, 0.15) is 32.6 Å². The van der Waals surface area contributed by atoms with Crippen molar-refractivity contribution in [3.05, 3.63) is 60.6 Å². The minimum absolute atomic E-state index is 0.0720. The number of methoxy groups -OCH3 is 1. The maximum Gasteiger partial charge on any atom is 0.235 e. The molecule has 2 heterocycles. The van der Waals surface area contributed by atoms with Gasteiger partial charge in [-0.25, -0.2) is 21.9 Å². The van der Waals surface area contributed by atoms with E-state index in [1.807, 2.05) is 6.07 Å². The Hall–Kier alpha value is -3.38. The summed E-state index contributed by atoms with van der Waals surface area (Å²) in [4.78, 5) is 6.60. The van der Waals surface area contributed by atoms with Crippen molar-refractivity contribution in [3.8, 4) is 16.9 Å². The lowest BCUT2D eigenvalue weighted by Gasteiger charge is -2.23. The van der Waals surface area contributed by atoms with Crippen molar-refractivity contribution in [3.63, 3.8) is 0 Å². The molecular formula is C26H32F2N6O3S. The Labute approximate surface area is 221 Å². The summed E-state index contributed by atoms with van der Waals surface area (Å²) >= 11 is 0. The highest BCUT2D eigenvalue weighted by Gasteiger charge is 2.21. The van der Waals surface area contributed by atoms with Gasteiger partial charge in [-0.05, 0) is 49.8 Å². The lowest BCUT2D eigenvalue weighted by Crippen LogP contribution is -2.25. The third kappa shape index (κ3) is 7.13. The Morgan fingerprint density at radius 1 is 1.24 bits per heavy atom. The fourth-order valence-corrected chi connectivity index (χ4v) is 4.92. The van der Waals surface area contributed by atoms with Crippen LogP contribution in [0.25, 0.3) is 16.9 Å². The highest BCUT2D eigenvalue weighted by Crippen LogP contribution is 2.30. The smallest absolute Gasteiger partial charge is 0.235 e. The highest BCUT2D eigenvalue weighted by molar-refractivity contribution is 7.92. The minimum Gasteiger partial charge on any atom is -0.384 e. The summed E-state index contributed by atoms with van der Waals surface area (Å²) in [5.74, 6) is -1.66. The lowest BCUT2D eigenvalue weighted by atomic mass is 10.2. The number of sulfonamides is 1.